The van der Waals surface area contributed by atoms with Gasteiger partial charge in [-0.3, -0.25) is 9.59 Å². The summed E-state index contributed by atoms with van der Waals surface area (Å²) in [4.78, 5) is 20.9. The van der Waals surface area contributed by atoms with Crippen molar-refractivity contribution >= 4 is 12.3 Å². The van der Waals surface area contributed by atoms with E-state index in [0.717, 1.165) is 12.1 Å². The summed E-state index contributed by atoms with van der Waals surface area (Å²) >= 11 is 0. The molecule has 1 aromatic rings. The van der Waals surface area contributed by atoms with E-state index in [2.05, 4.69) is 4.74 Å². The lowest BCUT2D eigenvalue weighted by atomic mass is 10.1. The molecule has 0 aromatic heterocycles. The number of carboxylic acids is 1. The van der Waals surface area contributed by atoms with Gasteiger partial charge in [0.2, 0.25) is 0 Å². The predicted octanol–water partition coefficient (Wildman–Crippen LogP) is 2.02. The monoisotopic (exact) mass is 248 g/mol. The highest BCUT2D eigenvalue weighted by atomic mass is 19.4. The first-order chi connectivity index (χ1) is 7.80. The highest BCUT2D eigenvalue weighted by molar-refractivity contribution is 5.77. The molecular weight excluding hydrogens is 241 g/mol. The number of benzene rings is 1. The van der Waals surface area contributed by atoms with Crippen molar-refractivity contribution in [3.05, 3.63) is 29.3 Å². The fourth-order valence-electron chi connectivity index (χ4n) is 1.22. The second-order valence-electron chi connectivity index (χ2n) is 3.15. The quantitative estimate of drug-likeness (QED) is 0.828. The lowest BCUT2D eigenvalue weighted by Crippen LogP contribution is -2.17. The molecular formula is C10H7F3O4. The van der Waals surface area contributed by atoms with Gasteiger partial charge in [-0.25, -0.2) is 0 Å². The molecule has 92 valence electrons. The molecule has 17 heavy (non-hydrogen) atoms. The largest absolute Gasteiger partial charge is 0.573 e. The normalized spacial score (nSPS) is 11.0. The summed E-state index contributed by atoms with van der Waals surface area (Å²) in [6.07, 6.45) is -5.06. The molecule has 0 radical (unpaired) electrons. The maximum atomic E-state index is 11.9. The zero-order valence-corrected chi connectivity index (χ0v) is 8.32. The fraction of sp³-hybridized carbons (Fsp3) is 0.200. The standard InChI is InChI=1S/C10H7F3O4/c11-10(12,13)17-8-2-6(4-9(15)16)1-7(3-8)5-14/h1-3,5H,4H2,(H,15,16). The minimum atomic E-state index is -4.89. The second-order valence-corrected chi connectivity index (χ2v) is 3.15. The molecule has 1 aromatic carbocycles. The fourth-order valence-corrected chi connectivity index (χ4v) is 1.22. The second kappa shape index (κ2) is 4.86. The van der Waals surface area contributed by atoms with Gasteiger partial charge in [0.15, 0.2) is 0 Å². The highest BCUT2D eigenvalue weighted by Crippen LogP contribution is 2.24. The molecule has 0 aliphatic heterocycles. The topological polar surface area (TPSA) is 63.6 Å². The summed E-state index contributed by atoms with van der Waals surface area (Å²) < 4.78 is 39.4. The van der Waals surface area contributed by atoms with Gasteiger partial charge in [0.05, 0.1) is 6.42 Å². The van der Waals surface area contributed by atoms with Crippen LogP contribution >= 0.6 is 0 Å². The zero-order valence-electron chi connectivity index (χ0n) is 8.32. The zero-order chi connectivity index (χ0) is 13.1. The summed E-state index contributed by atoms with van der Waals surface area (Å²) in [5, 5.41) is 8.50. The molecule has 1 N–H and O–H groups in total. The number of carbonyl (C=O) groups excluding carboxylic acids is 1. The Morgan fingerprint density at radius 1 is 1.35 bits per heavy atom. The molecule has 0 spiro atoms. The first kappa shape index (κ1) is 13.0. The van der Waals surface area contributed by atoms with Crippen LogP contribution in [0, 0.1) is 0 Å². The van der Waals surface area contributed by atoms with Crippen molar-refractivity contribution in [3.8, 4) is 5.75 Å². The van der Waals surface area contributed by atoms with Gasteiger partial charge in [-0.15, -0.1) is 13.2 Å². The Labute approximate surface area is 93.6 Å². The van der Waals surface area contributed by atoms with Crippen LogP contribution in [0.5, 0.6) is 5.75 Å². The van der Waals surface area contributed by atoms with Crippen molar-refractivity contribution in [3.63, 3.8) is 0 Å². The number of rotatable bonds is 4. The Hall–Kier alpha value is -2.05. The molecule has 0 atom stereocenters. The maximum Gasteiger partial charge on any atom is 0.573 e. The van der Waals surface area contributed by atoms with E-state index in [1.165, 1.54) is 6.07 Å². The average molecular weight is 248 g/mol. The third-order valence-corrected chi connectivity index (χ3v) is 1.71. The predicted molar refractivity (Wildman–Crippen MR) is 49.9 cm³/mol. The molecule has 0 aliphatic rings. The van der Waals surface area contributed by atoms with Gasteiger partial charge in [0, 0.05) is 5.56 Å². The van der Waals surface area contributed by atoms with Crippen LogP contribution in [0.3, 0.4) is 0 Å². The number of alkyl halides is 3. The van der Waals surface area contributed by atoms with Gasteiger partial charge in [-0.1, -0.05) is 0 Å². The van der Waals surface area contributed by atoms with Crippen molar-refractivity contribution in [1.29, 1.82) is 0 Å². The first-order valence-electron chi connectivity index (χ1n) is 4.37. The lowest BCUT2D eigenvalue weighted by molar-refractivity contribution is -0.274. The molecule has 0 fully saturated rings. The molecule has 0 amide bonds. The van der Waals surface area contributed by atoms with Gasteiger partial charge in [0.25, 0.3) is 0 Å². The minimum Gasteiger partial charge on any atom is -0.481 e. The molecule has 4 nitrogen and oxygen atoms in total. The Morgan fingerprint density at radius 2 is 2.00 bits per heavy atom. The molecule has 0 saturated carbocycles. The summed E-state index contributed by atoms with van der Waals surface area (Å²) in [7, 11) is 0. The van der Waals surface area contributed by atoms with E-state index in [-0.39, 0.29) is 11.1 Å². The number of hydrogen-bond acceptors (Lipinski definition) is 3. The molecule has 7 heteroatoms. The van der Waals surface area contributed by atoms with E-state index in [1.807, 2.05) is 0 Å². The minimum absolute atomic E-state index is 0.0568. The van der Waals surface area contributed by atoms with Crippen LogP contribution in [0.25, 0.3) is 0 Å². The van der Waals surface area contributed by atoms with Crippen LogP contribution in [0.1, 0.15) is 15.9 Å². The van der Waals surface area contributed by atoms with Gasteiger partial charge in [-0.2, -0.15) is 0 Å². The van der Waals surface area contributed by atoms with Crippen LogP contribution in [-0.4, -0.2) is 23.7 Å². The number of ether oxygens (including phenoxy) is 1. The van der Waals surface area contributed by atoms with Gasteiger partial charge in [0.1, 0.15) is 12.0 Å². The number of carbonyl (C=O) groups is 2. The molecule has 0 aliphatic carbocycles. The molecule has 0 heterocycles. The first-order valence-corrected chi connectivity index (χ1v) is 4.37. The number of carboxylic acid groups (broad SMARTS) is 1. The average Bonchev–Trinajstić information content (AvgIpc) is 2.13. The maximum absolute atomic E-state index is 11.9. The van der Waals surface area contributed by atoms with Crippen molar-refractivity contribution in [2.45, 2.75) is 12.8 Å². The molecule has 0 bridgehead atoms. The smallest absolute Gasteiger partial charge is 0.481 e. The molecule has 0 saturated heterocycles. The van der Waals surface area contributed by atoms with Crippen molar-refractivity contribution in [2.24, 2.45) is 0 Å². The Kier molecular flexibility index (Phi) is 3.72. The van der Waals surface area contributed by atoms with Crippen LogP contribution < -0.4 is 4.74 Å². The van der Waals surface area contributed by atoms with E-state index in [1.54, 1.807) is 0 Å². The van der Waals surface area contributed by atoms with Gasteiger partial charge in [-0.05, 0) is 23.8 Å². The van der Waals surface area contributed by atoms with Crippen LogP contribution in [0.4, 0.5) is 13.2 Å². The van der Waals surface area contributed by atoms with E-state index in [9.17, 15) is 22.8 Å². The Bertz CT molecular complexity index is 440. The van der Waals surface area contributed by atoms with Gasteiger partial charge < -0.3 is 9.84 Å². The summed E-state index contributed by atoms with van der Waals surface area (Å²) in [6.45, 7) is 0. The third-order valence-electron chi connectivity index (χ3n) is 1.71. The summed E-state index contributed by atoms with van der Waals surface area (Å²) in [5.74, 6) is -1.83. The Morgan fingerprint density at radius 3 is 2.47 bits per heavy atom. The highest BCUT2D eigenvalue weighted by Gasteiger charge is 2.31. The van der Waals surface area contributed by atoms with Crippen LogP contribution in [0.15, 0.2) is 18.2 Å². The number of halogens is 3. The lowest BCUT2D eigenvalue weighted by Gasteiger charge is -2.10. The molecule has 0 unspecified atom stereocenters. The van der Waals surface area contributed by atoms with Crippen molar-refractivity contribution in [1.82, 2.24) is 0 Å². The van der Waals surface area contributed by atoms with E-state index < -0.39 is 24.5 Å². The van der Waals surface area contributed by atoms with Gasteiger partial charge >= 0.3 is 12.3 Å². The molecule has 1 rings (SSSR count). The Balaban J connectivity index is 3.05. The van der Waals surface area contributed by atoms with E-state index in [4.69, 9.17) is 5.11 Å². The number of aldehydes is 1. The van der Waals surface area contributed by atoms with E-state index >= 15 is 0 Å². The van der Waals surface area contributed by atoms with Crippen LogP contribution in [0.2, 0.25) is 0 Å². The van der Waals surface area contributed by atoms with Crippen molar-refractivity contribution < 1.29 is 32.6 Å². The number of hydrogen-bond donors (Lipinski definition) is 1. The third kappa shape index (κ3) is 4.54. The van der Waals surface area contributed by atoms with Crippen molar-refractivity contribution in [2.75, 3.05) is 0 Å². The SMILES string of the molecule is O=Cc1cc(CC(=O)O)cc(OC(F)(F)F)c1. The summed E-state index contributed by atoms with van der Waals surface area (Å²) in [5.41, 5.74) is -0.0237. The van der Waals surface area contributed by atoms with Crippen LogP contribution in [-0.2, 0) is 11.2 Å². The number of aliphatic carboxylic acids is 1. The van der Waals surface area contributed by atoms with E-state index in [0.29, 0.717) is 6.29 Å². The summed E-state index contributed by atoms with van der Waals surface area (Å²) in [6, 6.07) is 2.99.